The van der Waals surface area contributed by atoms with Gasteiger partial charge in [-0.3, -0.25) is 53.6 Å². The molecule has 2 N–H and O–H groups in total. The minimum Gasteiger partial charge on any atom is -0.487 e. The lowest BCUT2D eigenvalue weighted by molar-refractivity contribution is 0.0540. The van der Waals surface area contributed by atoms with Crippen molar-refractivity contribution < 1.29 is 83.2 Å². The molecule has 0 atom stereocenters. The number of nitrogens with zero attached hydrogens (tertiary/aromatic N) is 19. The number of aliphatic hydroxyl groups is 1. The largest absolute Gasteiger partial charge is 0.487 e. The lowest BCUT2D eigenvalue weighted by atomic mass is 10.3. The van der Waals surface area contributed by atoms with E-state index in [9.17, 15) is 27.6 Å². The van der Waals surface area contributed by atoms with Crippen molar-refractivity contribution in [2.24, 2.45) is 7.05 Å². The van der Waals surface area contributed by atoms with Gasteiger partial charge in [-0.15, -0.1) is 0 Å². The Labute approximate surface area is 751 Å². The first-order valence-corrected chi connectivity index (χ1v) is 40.7. The minimum absolute atomic E-state index is 0.102. The number of fused-ring (bicyclic) bond motifs is 3. The van der Waals surface area contributed by atoms with E-state index in [-0.39, 0.29) is 67.3 Å². The number of ether oxygens (including phenoxy) is 9. The van der Waals surface area contributed by atoms with Crippen LogP contribution in [0.15, 0.2) is 301 Å². The minimum atomic E-state index is -3.46. The van der Waals surface area contributed by atoms with Crippen LogP contribution in [0.3, 0.4) is 0 Å². The van der Waals surface area contributed by atoms with Crippen molar-refractivity contribution in [2.75, 3.05) is 46.4 Å². The average Bonchev–Trinajstić information content (AvgIpc) is 1.68. The summed E-state index contributed by atoms with van der Waals surface area (Å²) in [6.45, 7) is 19.7. The quantitative estimate of drug-likeness (QED) is 0.0225. The summed E-state index contributed by atoms with van der Waals surface area (Å²) in [4.78, 5) is 120. The number of aromatic nitrogens is 20. The summed E-state index contributed by atoms with van der Waals surface area (Å²) in [5, 5.41) is 8.89. The molecule has 16 aromatic rings. The molecule has 0 aliphatic carbocycles. The van der Waals surface area contributed by atoms with E-state index in [1.165, 1.54) is 85.9 Å². The number of carbonyl (C=O) groups excluding carboxylic acids is 2. The molecule has 0 amide bonds. The van der Waals surface area contributed by atoms with Crippen LogP contribution in [0.5, 0.6) is 40.8 Å². The molecular formula is C89H81ClN20O20S. The van der Waals surface area contributed by atoms with Gasteiger partial charge in [0.05, 0.1) is 139 Å². The molecule has 16 rings (SSSR count). The predicted molar refractivity (Wildman–Crippen MR) is 474 cm³/mol. The van der Waals surface area contributed by atoms with Crippen molar-refractivity contribution in [2.45, 2.75) is 33.0 Å². The molecule has 0 unspecified atom stereocenters. The van der Waals surface area contributed by atoms with Gasteiger partial charge in [-0.25, -0.2) is 59.4 Å². The fourth-order valence-electron chi connectivity index (χ4n) is 9.83. The SMILES string of the molecule is C=CCOC(=O)c1cnc(OCC=C)cn1.C=CCOc1cnc(CO)cn1.C=CCOc1cnc(COS(C)(=O)=O)cn1.C=CCOc1cnc(COc2ccc3oc(-c4cccnc4)nc3c2)cn1.COC(=O)c1cnc(Cl)cn1.Cn1cc(COc2ccc3oc(-c4cccnc4)nc3c2)ncc1=O.O=c1cnc(COc2ccc3oc(-c4cccnc4)nc3c2)c[nH]1. The van der Waals surface area contributed by atoms with Crippen LogP contribution in [0.25, 0.3) is 67.7 Å². The fraction of sp³-hybridized carbons (Fsp3) is 0.146. The van der Waals surface area contributed by atoms with Crippen LogP contribution in [0.4, 0.5) is 0 Å². The zero-order valence-electron chi connectivity index (χ0n) is 70.2. The number of H-pyrrole nitrogens is 1. The first-order valence-electron chi connectivity index (χ1n) is 38.5. The standard InChI is InChI=1S/C20H16N4O3.C18H14N4O3.C17H12N4O3.C11H12N2O3.C9H12N2O4S.C8H10N2O2.C6H5ClN2O2/c1-2-8-25-19-12-22-15(11-23-19)13-26-16-5-6-18-17(9-16)24-20(27-18)14-4-3-7-21-10-14;1-22-10-13(20-9-17(22)23)11-24-14-4-5-16-15(7-14)21-18(25-16)12-3-2-6-19-8-12;22-16-9-19-12(8-20-16)10-23-13-3-4-15-14(6-13)21-17(24-15)11-2-1-5-18-7-11;1-3-5-15-10-8-12-9(7-13-10)11(14)16-6-4-2;1-3-4-14-9-6-10-8(5-11-9)7-15-16(2,12)13;1-2-3-12-8-5-9-7(6-11)4-10-8;1-11-6(10)4-2-9-5(7)3-8-4/h2-7,9-12H,1,8,13H2;2-10H,11H2,1H3;1-9H,10H2,(H,20,22);3-4,7-8H,1-2,5-6H2;3,5-6H,1,4,7H2,2H3;2,4-5,11H,1,3,6H2;2-3H,1H3. The van der Waals surface area contributed by atoms with Crippen LogP contribution in [0.1, 0.15) is 49.4 Å². The van der Waals surface area contributed by atoms with E-state index in [0.29, 0.717) is 147 Å². The summed E-state index contributed by atoms with van der Waals surface area (Å²) in [5.74, 6) is 4.02. The number of nitrogens with one attached hydrogen (secondary N) is 1. The van der Waals surface area contributed by atoms with Gasteiger partial charge in [0.15, 0.2) is 28.1 Å². The van der Waals surface area contributed by atoms with E-state index in [1.54, 1.807) is 111 Å². The van der Waals surface area contributed by atoms with Crippen molar-refractivity contribution >= 4 is 67.0 Å². The van der Waals surface area contributed by atoms with E-state index in [0.717, 1.165) is 22.9 Å². The molecule has 42 heteroatoms. The Hall–Kier alpha value is -16.9. The number of hydrogen-bond acceptors (Lipinski definition) is 38. The number of hydrogen-bond donors (Lipinski definition) is 2. The average molecular weight is 1820 g/mol. The maximum Gasteiger partial charge on any atom is 0.358 e. The van der Waals surface area contributed by atoms with Crippen molar-refractivity contribution in [1.29, 1.82) is 0 Å². The molecule has 13 aromatic heterocycles. The van der Waals surface area contributed by atoms with Gasteiger partial charge >= 0.3 is 11.9 Å². The Kier molecular flexibility index (Phi) is 37.4. The van der Waals surface area contributed by atoms with Crippen LogP contribution in [0, 0.1) is 0 Å². The zero-order valence-corrected chi connectivity index (χ0v) is 71.8. The number of carbonyl (C=O) groups is 2. The van der Waals surface area contributed by atoms with Crippen molar-refractivity contribution in [3.05, 3.63) is 344 Å². The number of aliphatic hydroxyl groups excluding tert-OH is 1. The highest BCUT2D eigenvalue weighted by molar-refractivity contribution is 7.85. The van der Waals surface area contributed by atoms with Crippen molar-refractivity contribution in [3.8, 4) is 75.1 Å². The number of benzene rings is 3. The first-order chi connectivity index (χ1) is 63.7. The van der Waals surface area contributed by atoms with Crippen LogP contribution in [-0.2, 0) is 63.9 Å². The Morgan fingerprint density at radius 1 is 0.450 bits per heavy atom. The van der Waals surface area contributed by atoms with E-state index >= 15 is 0 Å². The smallest absolute Gasteiger partial charge is 0.358 e. The monoisotopic (exact) mass is 1820 g/mol. The molecular weight excluding hydrogens is 1740 g/mol. The topological polar surface area (TPSA) is 507 Å². The van der Waals surface area contributed by atoms with Crippen LogP contribution < -0.4 is 44.3 Å². The second-order valence-electron chi connectivity index (χ2n) is 25.7. The molecule has 0 aliphatic rings. The Bertz CT molecular complexity index is 6590. The summed E-state index contributed by atoms with van der Waals surface area (Å²) in [6, 6.07) is 27.5. The summed E-state index contributed by atoms with van der Waals surface area (Å²) in [5.41, 5.74) is 9.40. The van der Waals surface area contributed by atoms with Gasteiger partial charge in [-0.1, -0.05) is 74.9 Å². The highest BCUT2D eigenvalue weighted by Gasteiger charge is 2.16. The third-order valence-electron chi connectivity index (χ3n) is 15.9. The Balaban J connectivity index is 0.000000162. The molecule has 0 spiro atoms. The second kappa shape index (κ2) is 50.9. The number of esters is 2. The number of aromatic amines is 1. The van der Waals surface area contributed by atoms with E-state index in [4.69, 9.17) is 67.9 Å². The third kappa shape index (κ3) is 32.2. The maximum atomic E-state index is 11.3. The molecule has 0 saturated carbocycles. The molecule has 13 heterocycles. The summed E-state index contributed by atoms with van der Waals surface area (Å²) in [7, 11) is -0.507. The molecule has 0 fully saturated rings. The lowest BCUT2D eigenvalue weighted by Crippen LogP contribution is -2.17. The molecule has 3 aromatic carbocycles. The van der Waals surface area contributed by atoms with Gasteiger partial charge in [-0.05, 0) is 72.8 Å². The normalized spacial score (nSPS) is 10.4. The van der Waals surface area contributed by atoms with Gasteiger partial charge in [0.1, 0.15) is 98.4 Å². The third-order valence-corrected chi connectivity index (χ3v) is 16.7. The number of halogens is 1. The highest BCUT2D eigenvalue weighted by Crippen LogP contribution is 2.31. The second-order valence-corrected chi connectivity index (χ2v) is 27.7. The molecule has 0 radical (unpaired) electrons. The van der Waals surface area contributed by atoms with Crippen LogP contribution in [0.2, 0.25) is 5.15 Å². The zero-order chi connectivity index (χ0) is 93.0. The maximum absolute atomic E-state index is 11.3. The number of rotatable bonds is 32. The number of oxazole rings is 3. The summed E-state index contributed by atoms with van der Waals surface area (Å²) >= 11 is 5.43. The predicted octanol–water partition coefficient (Wildman–Crippen LogP) is 12.3. The lowest BCUT2D eigenvalue weighted by Gasteiger charge is -2.06. The summed E-state index contributed by atoms with van der Waals surface area (Å²) < 4.78 is 91.6. The highest BCUT2D eigenvalue weighted by atomic mass is 35.5. The molecule has 670 valence electrons. The molecule has 131 heavy (non-hydrogen) atoms. The van der Waals surface area contributed by atoms with E-state index in [1.807, 2.05) is 66.7 Å². The molecule has 0 saturated heterocycles. The van der Waals surface area contributed by atoms with E-state index in [2.05, 4.69) is 137 Å². The summed E-state index contributed by atoms with van der Waals surface area (Å²) in [6.07, 6.45) is 38.9. The number of pyridine rings is 3. The molecule has 40 nitrogen and oxygen atoms in total. The van der Waals surface area contributed by atoms with Gasteiger partial charge in [0, 0.05) is 74.8 Å². The van der Waals surface area contributed by atoms with Gasteiger partial charge in [0.25, 0.3) is 21.2 Å². The first kappa shape index (κ1) is 96.3. The molecule has 0 bridgehead atoms. The number of methoxy groups -OCH3 is 1. The van der Waals surface area contributed by atoms with Crippen LogP contribution in [-0.4, -0.2) is 171 Å². The van der Waals surface area contributed by atoms with E-state index < -0.39 is 22.1 Å². The van der Waals surface area contributed by atoms with Crippen LogP contribution >= 0.6 is 11.6 Å². The van der Waals surface area contributed by atoms with Gasteiger partial charge < -0.3 is 70.5 Å². The van der Waals surface area contributed by atoms with Crippen molar-refractivity contribution in [3.63, 3.8) is 0 Å². The Morgan fingerprint density at radius 3 is 1.21 bits per heavy atom. The van der Waals surface area contributed by atoms with Crippen molar-refractivity contribution in [1.82, 2.24) is 99.3 Å². The van der Waals surface area contributed by atoms with Gasteiger partial charge in [-0.2, -0.15) is 8.42 Å². The Morgan fingerprint density at radius 2 is 0.847 bits per heavy atom. The molecule has 0 aliphatic heterocycles. The number of aryl methyl sites for hydroxylation is 1. The van der Waals surface area contributed by atoms with Gasteiger partial charge in [0.2, 0.25) is 41.2 Å². The fourth-order valence-corrected chi connectivity index (χ4v) is 10.3.